The number of aromatic amines is 1. The number of nitrogens with zero attached hydrogens (tertiary/aromatic N) is 2. The molecule has 0 atom stereocenters. The average Bonchev–Trinajstić information content (AvgIpc) is 2.72. The van der Waals surface area contributed by atoms with Gasteiger partial charge in [-0.05, 0) is 35.6 Å². The zero-order chi connectivity index (χ0) is 19.4. The number of ether oxygens (including phenoxy) is 1. The first-order chi connectivity index (χ1) is 13.1. The molecule has 0 aliphatic carbocycles. The molecule has 0 amide bonds. The van der Waals surface area contributed by atoms with Crippen molar-refractivity contribution in [2.45, 2.75) is 5.16 Å². The van der Waals surface area contributed by atoms with Crippen LogP contribution in [0.2, 0.25) is 0 Å². The van der Waals surface area contributed by atoms with E-state index >= 15 is 0 Å². The van der Waals surface area contributed by atoms with Crippen LogP contribution in [0.25, 0.3) is 22.4 Å². The van der Waals surface area contributed by atoms with Crippen molar-refractivity contribution >= 4 is 17.7 Å². The van der Waals surface area contributed by atoms with Crippen molar-refractivity contribution in [1.29, 1.82) is 5.26 Å². The highest BCUT2D eigenvalue weighted by Gasteiger charge is 2.14. The van der Waals surface area contributed by atoms with Gasteiger partial charge in [-0.2, -0.15) is 5.26 Å². The fourth-order valence-electron chi connectivity index (χ4n) is 2.62. The van der Waals surface area contributed by atoms with Gasteiger partial charge in [0.05, 0.1) is 18.4 Å². The Balaban J connectivity index is 2.07. The van der Waals surface area contributed by atoms with Gasteiger partial charge in [-0.15, -0.1) is 0 Å². The Bertz CT molecular complexity index is 1100. The van der Waals surface area contributed by atoms with Crippen LogP contribution in [-0.2, 0) is 4.74 Å². The molecule has 1 N–H and O–H groups in total. The van der Waals surface area contributed by atoms with Crippen LogP contribution in [0.15, 0.2) is 58.5 Å². The normalized spacial score (nSPS) is 10.3. The highest BCUT2D eigenvalue weighted by molar-refractivity contribution is 7.98. The van der Waals surface area contributed by atoms with Gasteiger partial charge in [-0.25, -0.2) is 9.78 Å². The molecule has 2 aromatic carbocycles. The Morgan fingerprint density at radius 2 is 1.85 bits per heavy atom. The van der Waals surface area contributed by atoms with Gasteiger partial charge in [-0.3, -0.25) is 4.79 Å². The third-order valence-corrected chi connectivity index (χ3v) is 4.56. The molecule has 134 valence electrons. The van der Waals surface area contributed by atoms with Crippen molar-refractivity contribution in [1.82, 2.24) is 9.97 Å². The van der Waals surface area contributed by atoms with E-state index in [4.69, 9.17) is 4.74 Å². The number of methoxy groups -OCH3 is 1. The minimum atomic E-state index is -0.459. The molecular formula is C20H15N3O3S. The predicted octanol–water partition coefficient (Wildman–Crippen LogP) is 3.48. The predicted molar refractivity (Wildman–Crippen MR) is 104 cm³/mol. The number of nitrogens with one attached hydrogen (secondary N) is 1. The number of nitriles is 1. The monoisotopic (exact) mass is 377 g/mol. The molecule has 0 saturated carbocycles. The van der Waals surface area contributed by atoms with Gasteiger partial charge >= 0.3 is 5.97 Å². The summed E-state index contributed by atoms with van der Waals surface area (Å²) in [6, 6.07) is 16.3. The second-order valence-electron chi connectivity index (χ2n) is 5.56. The highest BCUT2D eigenvalue weighted by atomic mass is 32.2. The number of benzene rings is 2. The molecule has 0 aliphatic rings. The maximum Gasteiger partial charge on any atom is 0.337 e. The van der Waals surface area contributed by atoms with Crippen molar-refractivity contribution in [2.75, 3.05) is 13.4 Å². The maximum atomic E-state index is 12.1. The molecule has 3 rings (SSSR count). The Morgan fingerprint density at radius 3 is 2.48 bits per heavy atom. The molecule has 3 aromatic rings. The van der Waals surface area contributed by atoms with Crippen LogP contribution >= 0.6 is 11.8 Å². The molecule has 0 aliphatic heterocycles. The molecule has 1 heterocycles. The van der Waals surface area contributed by atoms with Gasteiger partial charge in [0.25, 0.3) is 5.56 Å². The quantitative estimate of drug-likeness (QED) is 0.425. The highest BCUT2D eigenvalue weighted by Crippen LogP contribution is 2.27. The van der Waals surface area contributed by atoms with E-state index in [1.807, 2.05) is 36.4 Å². The van der Waals surface area contributed by atoms with Crippen molar-refractivity contribution in [2.24, 2.45) is 0 Å². The third-order valence-electron chi connectivity index (χ3n) is 3.98. The molecular weight excluding hydrogens is 362 g/mol. The zero-order valence-electron chi connectivity index (χ0n) is 14.6. The topological polar surface area (TPSA) is 95.8 Å². The summed E-state index contributed by atoms with van der Waals surface area (Å²) < 4.78 is 4.70. The van der Waals surface area contributed by atoms with Crippen molar-refractivity contribution in [3.63, 3.8) is 0 Å². The standard InChI is InChI=1S/C20H15N3O3S/c1-26-19(25)13-8-6-12(7-9-13)14-4-3-5-15(10-14)17-16(11-21)18(24)23-20(22-17)27-2/h3-10H,1-2H3,(H,22,23,24). The third kappa shape index (κ3) is 3.76. The minimum absolute atomic E-state index is 0.0222. The summed E-state index contributed by atoms with van der Waals surface area (Å²) >= 11 is 1.30. The van der Waals surface area contributed by atoms with E-state index in [1.54, 1.807) is 24.5 Å². The van der Waals surface area contributed by atoms with Crippen molar-refractivity contribution in [3.05, 3.63) is 70.0 Å². The fraction of sp³-hybridized carbons (Fsp3) is 0.100. The maximum absolute atomic E-state index is 12.1. The Morgan fingerprint density at radius 1 is 1.15 bits per heavy atom. The molecule has 1 aromatic heterocycles. The smallest absolute Gasteiger partial charge is 0.337 e. The summed E-state index contributed by atoms with van der Waals surface area (Å²) in [5.41, 5.74) is 2.76. The summed E-state index contributed by atoms with van der Waals surface area (Å²) in [6.45, 7) is 0. The van der Waals surface area contributed by atoms with E-state index in [0.29, 0.717) is 22.0 Å². The van der Waals surface area contributed by atoms with Crippen LogP contribution in [-0.4, -0.2) is 29.3 Å². The first kappa shape index (κ1) is 18.4. The number of rotatable bonds is 4. The number of hydrogen-bond donors (Lipinski definition) is 1. The number of thioether (sulfide) groups is 1. The molecule has 27 heavy (non-hydrogen) atoms. The van der Waals surface area contributed by atoms with Crippen LogP contribution in [0, 0.1) is 11.3 Å². The first-order valence-corrected chi connectivity index (χ1v) is 9.17. The van der Waals surface area contributed by atoms with Crippen LogP contribution in [0.5, 0.6) is 0 Å². The number of aromatic nitrogens is 2. The van der Waals surface area contributed by atoms with Gasteiger partial charge in [0.15, 0.2) is 5.16 Å². The molecule has 0 unspecified atom stereocenters. The number of esters is 1. The van der Waals surface area contributed by atoms with E-state index in [2.05, 4.69) is 9.97 Å². The van der Waals surface area contributed by atoms with Gasteiger partial charge in [-0.1, -0.05) is 42.1 Å². The average molecular weight is 377 g/mol. The number of carbonyl (C=O) groups is 1. The molecule has 0 spiro atoms. The second-order valence-corrected chi connectivity index (χ2v) is 6.36. The van der Waals surface area contributed by atoms with Gasteiger partial charge in [0.1, 0.15) is 11.6 Å². The second kappa shape index (κ2) is 7.89. The minimum Gasteiger partial charge on any atom is -0.465 e. The first-order valence-electron chi connectivity index (χ1n) is 7.95. The van der Waals surface area contributed by atoms with Crippen molar-refractivity contribution < 1.29 is 9.53 Å². The van der Waals surface area contributed by atoms with Gasteiger partial charge in [0.2, 0.25) is 0 Å². The lowest BCUT2D eigenvalue weighted by Gasteiger charge is -2.08. The Hall–Kier alpha value is -3.37. The fourth-order valence-corrected chi connectivity index (χ4v) is 3.00. The Labute approximate surface area is 159 Å². The van der Waals surface area contributed by atoms with Gasteiger partial charge in [0, 0.05) is 5.56 Å². The van der Waals surface area contributed by atoms with E-state index < -0.39 is 11.5 Å². The summed E-state index contributed by atoms with van der Waals surface area (Å²) in [7, 11) is 1.34. The summed E-state index contributed by atoms with van der Waals surface area (Å²) in [5, 5.41) is 9.80. The van der Waals surface area contributed by atoms with Crippen LogP contribution in [0.4, 0.5) is 0 Å². The van der Waals surface area contributed by atoms with Crippen LogP contribution in [0.3, 0.4) is 0 Å². The molecule has 0 radical (unpaired) electrons. The number of H-pyrrole nitrogens is 1. The Kier molecular flexibility index (Phi) is 5.38. The molecule has 0 fully saturated rings. The van der Waals surface area contributed by atoms with E-state index in [9.17, 15) is 14.9 Å². The summed E-state index contributed by atoms with van der Waals surface area (Å²) in [6.07, 6.45) is 1.80. The number of carbonyl (C=O) groups excluding carboxylic acids is 1. The SMILES string of the molecule is COC(=O)c1ccc(-c2cccc(-c3nc(SC)[nH]c(=O)c3C#N)c2)cc1. The zero-order valence-corrected chi connectivity index (χ0v) is 15.5. The lowest BCUT2D eigenvalue weighted by molar-refractivity contribution is 0.0601. The summed E-state index contributed by atoms with van der Waals surface area (Å²) in [5.74, 6) is -0.397. The van der Waals surface area contributed by atoms with E-state index in [0.717, 1.165) is 11.1 Å². The molecule has 6 nitrogen and oxygen atoms in total. The van der Waals surface area contributed by atoms with Gasteiger partial charge < -0.3 is 9.72 Å². The van der Waals surface area contributed by atoms with Crippen LogP contribution < -0.4 is 5.56 Å². The molecule has 0 saturated heterocycles. The molecule has 0 bridgehead atoms. The number of hydrogen-bond acceptors (Lipinski definition) is 6. The summed E-state index contributed by atoms with van der Waals surface area (Å²) in [4.78, 5) is 30.7. The van der Waals surface area contributed by atoms with E-state index in [1.165, 1.54) is 18.9 Å². The largest absolute Gasteiger partial charge is 0.465 e. The van der Waals surface area contributed by atoms with E-state index in [-0.39, 0.29) is 5.56 Å². The lowest BCUT2D eigenvalue weighted by Crippen LogP contribution is -2.14. The molecule has 7 heteroatoms. The lowest BCUT2D eigenvalue weighted by atomic mass is 9.99. The van der Waals surface area contributed by atoms with Crippen LogP contribution in [0.1, 0.15) is 15.9 Å². The van der Waals surface area contributed by atoms with Crippen molar-refractivity contribution in [3.8, 4) is 28.5 Å².